The molecule has 0 N–H and O–H groups in total. The van der Waals surface area contributed by atoms with Crippen LogP contribution < -0.4 is 0 Å². The van der Waals surface area contributed by atoms with Crippen LogP contribution in [0.2, 0.25) is 0 Å². The Morgan fingerprint density at radius 1 is 0.833 bits per heavy atom. The largest absolute Gasteiger partial charge is 0.126 e. The van der Waals surface area contributed by atoms with Crippen molar-refractivity contribution in [3.05, 3.63) is 70.2 Å². The van der Waals surface area contributed by atoms with E-state index in [1.54, 1.807) is 0 Å². The normalized spacial score (nSPS) is 12.3. The molecule has 0 aliphatic rings. The zero-order chi connectivity index (χ0) is 12.8. The number of alkyl halides is 1. The Kier molecular flexibility index (Phi) is 5.27. The molecule has 0 spiro atoms. The van der Waals surface area contributed by atoms with Crippen LogP contribution >= 0.6 is 27.5 Å². The Hall–Kier alpha value is -0.790. The van der Waals surface area contributed by atoms with E-state index in [-0.39, 0.29) is 0 Å². The lowest BCUT2D eigenvalue weighted by Crippen LogP contribution is -2.10. The summed E-state index contributed by atoms with van der Waals surface area (Å²) in [5, 5.41) is 0. The van der Waals surface area contributed by atoms with Gasteiger partial charge in [-0.3, -0.25) is 0 Å². The van der Waals surface area contributed by atoms with Gasteiger partial charge in [-0.1, -0.05) is 58.4 Å². The van der Waals surface area contributed by atoms with Crippen LogP contribution in [0.5, 0.6) is 0 Å². The molecule has 18 heavy (non-hydrogen) atoms. The van der Waals surface area contributed by atoms with Gasteiger partial charge in [-0.05, 0) is 42.0 Å². The van der Waals surface area contributed by atoms with Gasteiger partial charge in [-0.2, -0.15) is 0 Å². The van der Waals surface area contributed by atoms with Gasteiger partial charge in [0.05, 0.1) is 0 Å². The molecule has 0 saturated carbocycles. The van der Waals surface area contributed by atoms with Crippen LogP contribution in [-0.4, -0.2) is 5.88 Å². The van der Waals surface area contributed by atoms with Gasteiger partial charge < -0.3 is 0 Å². The standard InChI is InChI=1S/C16H16BrCl/c17-16-8-6-14(7-9-16)11-15(12-18)10-13-4-2-1-3-5-13/h1-9,15H,10-12H2. The predicted octanol–water partition coefficient (Wildman–Crippen LogP) is 5.09. The van der Waals surface area contributed by atoms with Gasteiger partial charge in [0.15, 0.2) is 0 Å². The molecule has 0 nitrogen and oxygen atoms in total. The van der Waals surface area contributed by atoms with Crippen LogP contribution in [0.15, 0.2) is 59.1 Å². The molecule has 0 amide bonds. The molecule has 94 valence electrons. The van der Waals surface area contributed by atoms with E-state index in [0.717, 1.165) is 17.3 Å². The van der Waals surface area contributed by atoms with Crippen molar-refractivity contribution in [3.8, 4) is 0 Å². The van der Waals surface area contributed by atoms with Crippen LogP contribution in [0.25, 0.3) is 0 Å². The number of hydrogen-bond donors (Lipinski definition) is 0. The van der Waals surface area contributed by atoms with E-state index in [0.29, 0.717) is 11.8 Å². The second-order valence-electron chi connectivity index (χ2n) is 4.54. The first-order chi connectivity index (χ1) is 8.78. The average molecular weight is 324 g/mol. The molecule has 2 heteroatoms. The molecular weight excluding hydrogens is 308 g/mol. The van der Waals surface area contributed by atoms with Gasteiger partial charge >= 0.3 is 0 Å². The summed E-state index contributed by atoms with van der Waals surface area (Å²) in [6, 6.07) is 19.0. The van der Waals surface area contributed by atoms with Crippen molar-refractivity contribution in [2.45, 2.75) is 12.8 Å². The molecule has 0 aliphatic carbocycles. The van der Waals surface area contributed by atoms with E-state index < -0.39 is 0 Å². The molecule has 0 aliphatic heterocycles. The third-order valence-electron chi connectivity index (χ3n) is 3.02. The Morgan fingerprint density at radius 2 is 1.39 bits per heavy atom. The van der Waals surface area contributed by atoms with E-state index >= 15 is 0 Å². The second-order valence-corrected chi connectivity index (χ2v) is 5.76. The summed E-state index contributed by atoms with van der Waals surface area (Å²) in [5.41, 5.74) is 2.71. The minimum atomic E-state index is 0.496. The van der Waals surface area contributed by atoms with E-state index in [1.165, 1.54) is 11.1 Å². The minimum absolute atomic E-state index is 0.496. The fourth-order valence-corrected chi connectivity index (χ4v) is 2.57. The molecule has 1 atom stereocenters. The third kappa shape index (κ3) is 4.15. The average Bonchev–Trinajstić information content (AvgIpc) is 2.41. The highest BCUT2D eigenvalue weighted by molar-refractivity contribution is 9.10. The zero-order valence-electron chi connectivity index (χ0n) is 10.2. The third-order valence-corrected chi connectivity index (χ3v) is 3.99. The summed E-state index contributed by atoms with van der Waals surface area (Å²) in [7, 11) is 0. The van der Waals surface area contributed by atoms with Crippen molar-refractivity contribution in [2.75, 3.05) is 5.88 Å². The van der Waals surface area contributed by atoms with Gasteiger partial charge in [0.1, 0.15) is 0 Å². The molecule has 0 aromatic heterocycles. The van der Waals surface area contributed by atoms with Crippen molar-refractivity contribution in [1.29, 1.82) is 0 Å². The van der Waals surface area contributed by atoms with Crippen LogP contribution in [-0.2, 0) is 12.8 Å². The van der Waals surface area contributed by atoms with Crippen molar-refractivity contribution >= 4 is 27.5 Å². The lowest BCUT2D eigenvalue weighted by Gasteiger charge is -2.14. The van der Waals surface area contributed by atoms with Gasteiger partial charge in [0, 0.05) is 10.4 Å². The molecule has 1 unspecified atom stereocenters. The molecule has 0 bridgehead atoms. The maximum Gasteiger partial charge on any atom is 0.0258 e. The summed E-state index contributed by atoms with van der Waals surface area (Å²) in [6.07, 6.45) is 2.08. The highest BCUT2D eigenvalue weighted by Gasteiger charge is 2.09. The van der Waals surface area contributed by atoms with Crippen LogP contribution in [0.3, 0.4) is 0 Å². The molecule has 2 aromatic rings. The Morgan fingerprint density at radius 3 is 1.94 bits per heavy atom. The lowest BCUT2D eigenvalue weighted by molar-refractivity contribution is 0.584. The fourth-order valence-electron chi connectivity index (χ4n) is 2.08. The summed E-state index contributed by atoms with van der Waals surface area (Å²) in [6.45, 7) is 0. The summed E-state index contributed by atoms with van der Waals surface area (Å²) < 4.78 is 1.12. The Labute approximate surface area is 122 Å². The van der Waals surface area contributed by atoms with Gasteiger partial charge in [0.25, 0.3) is 0 Å². The highest BCUT2D eigenvalue weighted by atomic mass is 79.9. The van der Waals surface area contributed by atoms with Crippen LogP contribution in [0.4, 0.5) is 0 Å². The minimum Gasteiger partial charge on any atom is -0.126 e. The van der Waals surface area contributed by atoms with Crippen molar-refractivity contribution in [3.63, 3.8) is 0 Å². The molecule has 0 radical (unpaired) electrons. The Bertz CT molecular complexity index is 464. The van der Waals surface area contributed by atoms with Gasteiger partial charge in [-0.15, -0.1) is 11.6 Å². The smallest absolute Gasteiger partial charge is 0.0258 e. The highest BCUT2D eigenvalue weighted by Crippen LogP contribution is 2.18. The second kappa shape index (κ2) is 6.96. The molecule has 0 saturated heterocycles. The van der Waals surface area contributed by atoms with E-state index in [4.69, 9.17) is 11.6 Å². The first kappa shape index (κ1) is 13.6. The van der Waals surface area contributed by atoms with E-state index in [9.17, 15) is 0 Å². The predicted molar refractivity (Wildman–Crippen MR) is 82.2 cm³/mol. The first-order valence-corrected chi connectivity index (χ1v) is 7.45. The first-order valence-electron chi connectivity index (χ1n) is 6.12. The number of rotatable bonds is 5. The van der Waals surface area contributed by atoms with Crippen molar-refractivity contribution in [2.24, 2.45) is 5.92 Å². The number of hydrogen-bond acceptors (Lipinski definition) is 0. The molecular formula is C16H16BrCl. The number of halogens is 2. The Balaban J connectivity index is 1.99. The number of benzene rings is 2. The summed E-state index contributed by atoms with van der Waals surface area (Å²) >= 11 is 9.55. The molecule has 0 fully saturated rings. The van der Waals surface area contributed by atoms with Gasteiger partial charge in [-0.25, -0.2) is 0 Å². The van der Waals surface area contributed by atoms with E-state index in [2.05, 4.69) is 64.5 Å². The molecule has 2 rings (SSSR count). The topological polar surface area (TPSA) is 0 Å². The maximum absolute atomic E-state index is 6.09. The quantitative estimate of drug-likeness (QED) is 0.672. The van der Waals surface area contributed by atoms with Crippen LogP contribution in [0, 0.1) is 5.92 Å². The summed E-state index contributed by atoms with van der Waals surface area (Å²) in [4.78, 5) is 0. The monoisotopic (exact) mass is 322 g/mol. The van der Waals surface area contributed by atoms with Crippen molar-refractivity contribution < 1.29 is 0 Å². The summed E-state index contributed by atoms with van der Waals surface area (Å²) in [5.74, 6) is 1.19. The molecule has 0 heterocycles. The van der Waals surface area contributed by atoms with Crippen LogP contribution in [0.1, 0.15) is 11.1 Å². The van der Waals surface area contributed by atoms with Gasteiger partial charge in [0.2, 0.25) is 0 Å². The van der Waals surface area contributed by atoms with Crippen molar-refractivity contribution in [1.82, 2.24) is 0 Å². The lowest BCUT2D eigenvalue weighted by atomic mass is 9.94. The maximum atomic E-state index is 6.09. The molecule has 2 aromatic carbocycles. The van der Waals surface area contributed by atoms with E-state index in [1.807, 2.05) is 6.07 Å². The zero-order valence-corrected chi connectivity index (χ0v) is 12.5. The SMILES string of the molecule is ClCC(Cc1ccccc1)Cc1ccc(Br)cc1. The fraction of sp³-hybridized carbons (Fsp3) is 0.250.